The number of carbonyl (C=O) groups excluding carboxylic acids is 1. The van der Waals surface area contributed by atoms with Crippen molar-refractivity contribution in [2.24, 2.45) is 12.8 Å². The summed E-state index contributed by atoms with van der Waals surface area (Å²) in [6.07, 6.45) is 0. The Hall–Kier alpha value is -1.63. The molecule has 3 heterocycles. The lowest BCUT2D eigenvalue weighted by Gasteiger charge is -2.54. The van der Waals surface area contributed by atoms with Crippen molar-refractivity contribution in [1.29, 1.82) is 0 Å². The van der Waals surface area contributed by atoms with Crippen molar-refractivity contribution in [3.8, 4) is 0 Å². The number of hydrogen-bond donors (Lipinski definition) is 2. The summed E-state index contributed by atoms with van der Waals surface area (Å²) in [5, 5.41) is 20.6. The molecule has 2 aliphatic heterocycles. The molecule has 0 radical (unpaired) electrons. The molecule has 1 saturated heterocycles. The van der Waals surface area contributed by atoms with Crippen LogP contribution in [0.15, 0.2) is 16.4 Å². The topological polar surface area (TPSA) is 136 Å². The largest absolute Gasteiger partial charge is 0.477 e. The Kier molecular flexibility index (Phi) is 4.08. The van der Waals surface area contributed by atoms with Gasteiger partial charge in [-0.1, -0.05) is 11.8 Å². The Balaban J connectivity index is 1.85. The maximum Gasteiger partial charge on any atom is 0.352 e. The summed E-state index contributed by atoms with van der Waals surface area (Å²) in [4.78, 5) is 25.0. The van der Waals surface area contributed by atoms with Crippen LogP contribution in [0.5, 0.6) is 0 Å². The first kappa shape index (κ1) is 16.2. The van der Waals surface area contributed by atoms with Gasteiger partial charge in [-0.05, 0) is 16.0 Å². The maximum absolute atomic E-state index is 12.2. The van der Waals surface area contributed by atoms with Crippen LogP contribution in [0.25, 0.3) is 0 Å². The molecule has 1 unspecified atom stereocenters. The Bertz CT molecular complexity index is 706. The quantitative estimate of drug-likeness (QED) is 0.377. The molecular formula is C11H14N6O4S2. The first-order valence-electron chi connectivity index (χ1n) is 6.50. The van der Waals surface area contributed by atoms with E-state index in [1.807, 2.05) is 0 Å². The van der Waals surface area contributed by atoms with Crippen molar-refractivity contribution in [3.63, 3.8) is 0 Å². The van der Waals surface area contributed by atoms with Gasteiger partial charge in [0, 0.05) is 25.7 Å². The van der Waals surface area contributed by atoms with Crippen molar-refractivity contribution in [2.45, 2.75) is 16.3 Å². The van der Waals surface area contributed by atoms with E-state index in [0.29, 0.717) is 22.2 Å². The van der Waals surface area contributed by atoms with Crippen LogP contribution in [-0.2, 0) is 21.4 Å². The monoisotopic (exact) mass is 358 g/mol. The number of aromatic nitrogens is 4. The van der Waals surface area contributed by atoms with E-state index >= 15 is 0 Å². The number of carboxylic acids is 1. The number of nitrogens with two attached hydrogens (primary N) is 1. The molecule has 124 valence electrons. The fourth-order valence-electron chi connectivity index (χ4n) is 2.41. The number of carboxylic acid groups (broad SMARTS) is 1. The van der Waals surface area contributed by atoms with E-state index in [1.165, 1.54) is 40.2 Å². The standard InChI is InChI=1S/C11H14N6O4S2/c1-16-10(13-14-15-16)23-4-5-3-22-9-11(12,21-2)8(20)17(9)6(5)7(18)19/h9H,3-4,12H2,1-2H3,(H,18,19)/t9?,11-/m0/s1. The minimum absolute atomic E-state index is 0.0282. The Morgan fingerprint density at radius 3 is 2.96 bits per heavy atom. The number of carbonyl (C=O) groups is 2. The summed E-state index contributed by atoms with van der Waals surface area (Å²) in [7, 11) is 3.03. The van der Waals surface area contributed by atoms with Gasteiger partial charge in [0.05, 0.1) is 0 Å². The number of hydrogen-bond acceptors (Lipinski definition) is 9. The van der Waals surface area contributed by atoms with Crippen LogP contribution >= 0.6 is 23.5 Å². The summed E-state index contributed by atoms with van der Waals surface area (Å²) in [5.74, 6) is -0.897. The van der Waals surface area contributed by atoms with E-state index < -0.39 is 23.0 Å². The molecule has 10 nitrogen and oxygen atoms in total. The molecule has 1 amide bonds. The molecule has 0 aromatic carbocycles. The van der Waals surface area contributed by atoms with Crippen molar-refractivity contribution in [3.05, 3.63) is 11.3 Å². The van der Waals surface area contributed by atoms with Gasteiger partial charge in [0.25, 0.3) is 5.91 Å². The molecule has 1 fully saturated rings. The van der Waals surface area contributed by atoms with Crippen molar-refractivity contribution >= 4 is 35.4 Å². The molecule has 1 aromatic rings. The van der Waals surface area contributed by atoms with E-state index in [4.69, 9.17) is 10.5 Å². The number of tetrazole rings is 1. The third-order valence-electron chi connectivity index (χ3n) is 3.64. The highest BCUT2D eigenvalue weighted by atomic mass is 32.2. The van der Waals surface area contributed by atoms with Crippen LogP contribution in [0.3, 0.4) is 0 Å². The number of fused-ring (bicyclic) bond motifs is 1. The van der Waals surface area contributed by atoms with E-state index in [-0.39, 0.29) is 5.70 Å². The molecule has 3 N–H and O–H groups in total. The number of thioether (sulfide) groups is 2. The van der Waals surface area contributed by atoms with Crippen LogP contribution in [0.2, 0.25) is 0 Å². The van der Waals surface area contributed by atoms with Crippen LogP contribution in [0.1, 0.15) is 0 Å². The number of methoxy groups -OCH3 is 1. The molecule has 2 aliphatic rings. The fraction of sp³-hybridized carbons (Fsp3) is 0.545. The Labute approximate surface area is 139 Å². The molecule has 1 aromatic heterocycles. The summed E-state index contributed by atoms with van der Waals surface area (Å²) < 4.78 is 6.56. The smallest absolute Gasteiger partial charge is 0.352 e. The molecule has 12 heteroatoms. The third-order valence-corrected chi connectivity index (χ3v) is 6.13. The molecule has 2 atom stereocenters. The van der Waals surface area contributed by atoms with Crippen LogP contribution in [0.4, 0.5) is 0 Å². The number of aryl methyl sites for hydroxylation is 1. The molecule has 3 rings (SSSR count). The number of nitrogens with zero attached hydrogens (tertiary/aromatic N) is 5. The van der Waals surface area contributed by atoms with Gasteiger partial charge in [0.2, 0.25) is 10.9 Å². The normalized spacial score (nSPS) is 27.0. The van der Waals surface area contributed by atoms with Gasteiger partial charge < -0.3 is 9.84 Å². The van der Waals surface area contributed by atoms with Crippen molar-refractivity contribution < 1.29 is 19.4 Å². The zero-order chi connectivity index (χ0) is 16.8. The fourth-order valence-corrected chi connectivity index (χ4v) is 4.79. The van der Waals surface area contributed by atoms with E-state index in [9.17, 15) is 14.7 Å². The number of rotatable bonds is 5. The number of β-lactam (4-membered cyclic amide) rings is 1. The molecular weight excluding hydrogens is 344 g/mol. The summed E-state index contributed by atoms with van der Waals surface area (Å²) in [6, 6.07) is 0. The zero-order valence-corrected chi connectivity index (χ0v) is 13.9. The number of ether oxygens (including phenoxy) is 1. The van der Waals surface area contributed by atoms with Crippen LogP contribution in [0, 0.1) is 0 Å². The van der Waals surface area contributed by atoms with E-state index in [0.717, 1.165) is 0 Å². The average molecular weight is 358 g/mol. The van der Waals surface area contributed by atoms with Crippen LogP contribution in [-0.4, -0.2) is 71.8 Å². The Morgan fingerprint density at radius 1 is 1.65 bits per heavy atom. The maximum atomic E-state index is 12.2. The highest BCUT2D eigenvalue weighted by molar-refractivity contribution is 8.01. The number of amides is 1. The lowest BCUT2D eigenvalue weighted by molar-refractivity contribution is -0.182. The molecule has 23 heavy (non-hydrogen) atoms. The second-order valence-electron chi connectivity index (χ2n) is 4.97. The SMILES string of the molecule is CO[C@@]1(N)C(=O)N2C(C(=O)O)=C(CSc3nnnn3C)CSC21. The minimum Gasteiger partial charge on any atom is -0.477 e. The predicted molar refractivity (Wildman–Crippen MR) is 81.2 cm³/mol. The van der Waals surface area contributed by atoms with Gasteiger partial charge in [-0.3, -0.25) is 15.4 Å². The van der Waals surface area contributed by atoms with Gasteiger partial charge in [0.1, 0.15) is 11.1 Å². The van der Waals surface area contributed by atoms with Crippen molar-refractivity contribution in [2.75, 3.05) is 18.6 Å². The molecule has 0 bridgehead atoms. The summed E-state index contributed by atoms with van der Waals surface area (Å²) in [5.41, 5.74) is 5.03. The van der Waals surface area contributed by atoms with Gasteiger partial charge in [-0.15, -0.1) is 16.9 Å². The molecule has 0 aliphatic carbocycles. The second kappa shape index (κ2) is 5.78. The average Bonchev–Trinajstić information content (AvgIpc) is 2.95. The molecule has 0 spiro atoms. The first-order valence-corrected chi connectivity index (χ1v) is 8.53. The summed E-state index contributed by atoms with van der Waals surface area (Å²) in [6.45, 7) is 0. The second-order valence-corrected chi connectivity index (χ2v) is 6.98. The summed E-state index contributed by atoms with van der Waals surface area (Å²) >= 11 is 2.69. The lowest BCUT2D eigenvalue weighted by Crippen LogP contribution is -2.78. The van der Waals surface area contributed by atoms with Gasteiger partial charge in [-0.25, -0.2) is 9.48 Å². The third kappa shape index (κ3) is 2.41. The highest BCUT2D eigenvalue weighted by Crippen LogP contribution is 2.45. The van der Waals surface area contributed by atoms with E-state index in [1.54, 1.807) is 7.05 Å². The van der Waals surface area contributed by atoms with Crippen molar-refractivity contribution in [1.82, 2.24) is 25.1 Å². The van der Waals surface area contributed by atoms with E-state index in [2.05, 4.69) is 15.5 Å². The minimum atomic E-state index is -1.46. The van der Waals surface area contributed by atoms with Gasteiger partial charge in [-0.2, -0.15) is 0 Å². The highest BCUT2D eigenvalue weighted by Gasteiger charge is 2.63. The van der Waals surface area contributed by atoms with Gasteiger partial charge >= 0.3 is 5.97 Å². The lowest BCUT2D eigenvalue weighted by atomic mass is 10.00. The van der Waals surface area contributed by atoms with Crippen LogP contribution < -0.4 is 5.73 Å². The predicted octanol–water partition coefficient (Wildman–Crippen LogP) is -1.14. The van der Waals surface area contributed by atoms with Gasteiger partial charge in [0.15, 0.2) is 0 Å². The number of aliphatic carboxylic acids is 1. The zero-order valence-electron chi connectivity index (χ0n) is 12.3. The first-order chi connectivity index (χ1) is 10.9. The Morgan fingerprint density at radius 2 is 2.39 bits per heavy atom. The molecule has 0 saturated carbocycles.